The Morgan fingerprint density at radius 3 is 2.62 bits per heavy atom. The van der Waals surface area contributed by atoms with E-state index in [4.69, 9.17) is 11.5 Å². The van der Waals surface area contributed by atoms with E-state index in [0.717, 1.165) is 0 Å². The molecule has 0 aliphatic carbocycles. The van der Waals surface area contributed by atoms with E-state index in [1.807, 2.05) is 0 Å². The van der Waals surface area contributed by atoms with Gasteiger partial charge < -0.3 is 11.5 Å². The van der Waals surface area contributed by atoms with Gasteiger partial charge in [-0.05, 0) is 18.2 Å². The van der Waals surface area contributed by atoms with Crippen molar-refractivity contribution >= 4 is 35.3 Å². The lowest BCUT2D eigenvalue weighted by molar-refractivity contribution is 0.100. The molecule has 0 aliphatic heterocycles. The van der Waals surface area contributed by atoms with Crippen molar-refractivity contribution in [3.63, 3.8) is 0 Å². The number of nitrogens with two attached hydrogens (primary N) is 2. The van der Waals surface area contributed by atoms with E-state index in [2.05, 4.69) is 20.4 Å². The van der Waals surface area contributed by atoms with Gasteiger partial charge >= 0.3 is 0 Å². The first kappa shape index (κ1) is 11.9. The summed E-state index contributed by atoms with van der Waals surface area (Å²) in [6.45, 7) is 0. The van der Waals surface area contributed by atoms with Gasteiger partial charge in [0.1, 0.15) is 11.0 Å². The maximum absolute atomic E-state index is 11.4. The summed E-state index contributed by atoms with van der Waals surface area (Å²) in [4.78, 5) is 14.8. The Morgan fingerprint density at radius 2 is 1.94 bits per heavy atom. The molecule has 1 heterocycles. The molecule has 0 radical (unpaired) electrons. The number of H-pyrrole nitrogens is 1. The van der Waals surface area contributed by atoms with Gasteiger partial charge in [-0.15, -0.1) is 12.4 Å². The number of carbonyl (C=O) groups excluding carboxylic acids is 1. The maximum Gasteiger partial charge on any atom is 0.280 e. The van der Waals surface area contributed by atoms with Crippen LogP contribution in [0.1, 0.15) is 10.4 Å². The number of fused-ring (bicyclic) bond motifs is 1. The van der Waals surface area contributed by atoms with Gasteiger partial charge in [0, 0.05) is 5.56 Å². The van der Waals surface area contributed by atoms with Crippen LogP contribution in [0.5, 0.6) is 0 Å². The van der Waals surface area contributed by atoms with Gasteiger partial charge in [-0.2, -0.15) is 20.4 Å². The maximum atomic E-state index is 11.4. The van der Waals surface area contributed by atoms with Crippen molar-refractivity contribution in [2.75, 3.05) is 0 Å². The molecule has 1 aromatic carbocycles. The summed E-state index contributed by atoms with van der Waals surface area (Å²) in [6.07, 6.45) is 0. The zero-order chi connectivity index (χ0) is 10.8. The van der Waals surface area contributed by atoms with Crippen molar-refractivity contribution in [1.82, 2.24) is 15.4 Å². The van der Waals surface area contributed by atoms with Gasteiger partial charge in [0.05, 0.1) is 0 Å². The number of halogens is 1. The van der Waals surface area contributed by atoms with E-state index in [9.17, 15) is 4.79 Å². The molecule has 8 heteroatoms. The van der Waals surface area contributed by atoms with Crippen molar-refractivity contribution in [1.29, 1.82) is 0 Å². The fourth-order valence-corrected chi connectivity index (χ4v) is 1.16. The number of carbonyl (C=O) groups is 1. The van der Waals surface area contributed by atoms with Gasteiger partial charge in [0.2, 0.25) is 0 Å². The molecule has 0 bridgehead atoms. The number of aromatic nitrogens is 3. The SMILES string of the molecule is Cl.NC(N)=NC(=O)c1ccc2n[nH]nc2c1. The van der Waals surface area contributed by atoms with Crippen LogP contribution in [-0.2, 0) is 0 Å². The number of benzene rings is 1. The Hall–Kier alpha value is -2.15. The highest BCUT2D eigenvalue weighted by molar-refractivity contribution is 6.03. The molecule has 0 saturated heterocycles. The number of nitrogens with zero attached hydrogens (tertiary/aromatic N) is 3. The van der Waals surface area contributed by atoms with Crippen LogP contribution in [0.4, 0.5) is 0 Å². The lowest BCUT2D eigenvalue weighted by atomic mass is 10.2. The molecule has 2 aromatic rings. The zero-order valence-electron chi connectivity index (χ0n) is 8.04. The normalized spacial score (nSPS) is 9.50. The van der Waals surface area contributed by atoms with E-state index in [-0.39, 0.29) is 18.4 Å². The summed E-state index contributed by atoms with van der Waals surface area (Å²) in [5, 5.41) is 10.1. The number of hydrogen-bond donors (Lipinski definition) is 3. The number of rotatable bonds is 1. The predicted molar refractivity (Wildman–Crippen MR) is 61.3 cm³/mol. The van der Waals surface area contributed by atoms with E-state index in [0.29, 0.717) is 16.6 Å². The number of amides is 1. The van der Waals surface area contributed by atoms with Gasteiger partial charge in [0.25, 0.3) is 5.91 Å². The van der Waals surface area contributed by atoms with Crippen LogP contribution in [0, 0.1) is 0 Å². The largest absolute Gasteiger partial charge is 0.370 e. The minimum absolute atomic E-state index is 0. The van der Waals surface area contributed by atoms with Crippen LogP contribution in [0.3, 0.4) is 0 Å². The monoisotopic (exact) mass is 240 g/mol. The smallest absolute Gasteiger partial charge is 0.280 e. The van der Waals surface area contributed by atoms with Crippen LogP contribution in [0.2, 0.25) is 0 Å². The predicted octanol–water partition coefficient (Wildman–Crippen LogP) is -0.207. The van der Waals surface area contributed by atoms with E-state index in [1.54, 1.807) is 18.2 Å². The molecule has 0 saturated carbocycles. The molecule has 0 spiro atoms. The molecule has 16 heavy (non-hydrogen) atoms. The summed E-state index contributed by atoms with van der Waals surface area (Å²) >= 11 is 0. The quantitative estimate of drug-likeness (QED) is 0.470. The third-order valence-corrected chi connectivity index (χ3v) is 1.79. The van der Waals surface area contributed by atoms with E-state index >= 15 is 0 Å². The first-order valence-corrected chi connectivity index (χ1v) is 4.11. The second-order valence-electron chi connectivity index (χ2n) is 2.87. The average molecular weight is 241 g/mol. The van der Waals surface area contributed by atoms with Crippen LogP contribution in [-0.4, -0.2) is 27.3 Å². The minimum atomic E-state index is -0.500. The van der Waals surface area contributed by atoms with E-state index < -0.39 is 5.91 Å². The molecule has 7 nitrogen and oxygen atoms in total. The van der Waals surface area contributed by atoms with Crippen molar-refractivity contribution in [3.05, 3.63) is 23.8 Å². The summed E-state index contributed by atoms with van der Waals surface area (Å²) < 4.78 is 0. The second kappa shape index (κ2) is 4.58. The summed E-state index contributed by atoms with van der Waals surface area (Å²) in [5.74, 6) is -0.764. The van der Waals surface area contributed by atoms with Crippen LogP contribution in [0.15, 0.2) is 23.2 Å². The second-order valence-corrected chi connectivity index (χ2v) is 2.87. The summed E-state index contributed by atoms with van der Waals surface area (Å²) in [7, 11) is 0. The van der Waals surface area contributed by atoms with Crippen LogP contribution >= 0.6 is 12.4 Å². The highest BCUT2D eigenvalue weighted by atomic mass is 35.5. The third-order valence-electron chi connectivity index (χ3n) is 1.79. The zero-order valence-corrected chi connectivity index (χ0v) is 8.86. The molecule has 0 fully saturated rings. The highest BCUT2D eigenvalue weighted by Crippen LogP contribution is 2.11. The van der Waals surface area contributed by atoms with Gasteiger partial charge in [-0.1, -0.05) is 0 Å². The molecule has 1 amide bonds. The Bertz CT molecular complexity index is 544. The summed E-state index contributed by atoms with van der Waals surface area (Å²) in [5.41, 5.74) is 11.8. The van der Waals surface area contributed by atoms with Crippen molar-refractivity contribution < 1.29 is 4.79 Å². The number of nitrogens with one attached hydrogen (secondary N) is 1. The van der Waals surface area contributed by atoms with Gasteiger partial charge in [-0.25, -0.2) is 0 Å². The molecule has 5 N–H and O–H groups in total. The highest BCUT2D eigenvalue weighted by Gasteiger charge is 2.06. The third kappa shape index (κ3) is 2.26. The Labute approximate surface area is 96.3 Å². The van der Waals surface area contributed by atoms with E-state index in [1.165, 1.54) is 0 Å². The topological polar surface area (TPSA) is 123 Å². The first-order valence-electron chi connectivity index (χ1n) is 4.11. The van der Waals surface area contributed by atoms with Gasteiger partial charge in [-0.3, -0.25) is 4.79 Å². The number of hydrogen-bond acceptors (Lipinski definition) is 3. The first-order chi connectivity index (χ1) is 7.16. The average Bonchev–Trinajstić information content (AvgIpc) is 2.62. The summed E-state index contributed by atoms with van der Waals surface area (Å²) in [6, 6.07) is 4.81. The Balaban J connectivity index is 0.00000128. The van der Waals surface area contributed by atoms with Crippen molar-refractivity contribution in [2.45, 2.75) is 0 Å². The standard InChI is InChI=1S/C8H8N6O.ClH/c9-8(10)11-7(15)4-1-2-5-6(3-4)13-14-12-5;/h1-3H,(H,12,13,14)(H4,9,10,11,15);1H. The molecule has 0 unspecified atom stereocenters. The Morgan fingerprint density at radius 1 is 1.25 bits per heavy atom. The fraction of sp³-hybridized carbons (Fsp3) is 0. The number of aromatic amines is 1. The van der Waals surface area contributed by atoms with Crippen LogP contribution < -0.4 is 11.5 Å². The molecule has 84 valence electrons. The Kier molecular flexibility index (Phi) is 3.41. The van der Waals surface area contributed by atoms with Gasteiger partial charge in [0.15, 0.2) is 5.96 Å². The van der Waals surface area contributed by atoms with Crippen molar-refractivity contribution in [3.8, 4) is 0 Å². The molecule has 1 aromatic heterocycles. The fourth-order valence-electron chi connectivity index (χ4n) is 1.16. The lowest BCUT2D eigenvalue weighted by Gasteiger charge is -1.94. The minimum Gasteiger partial charge on any atom is -0.370 e. The molecule has 2 rings (SSSR count). The number of aliphatic imine (C=N–C) groups is 1. The van der Waals surface area contributed by atoms with Crippen LogP contribution in [0.25, 0.3) is 11.0 Å². The molecular formula is C8H9ClN6O. The van der Waals surface area contributed by atoms with Crippen molar-refractivity contribution in [2.24, 2.45) is 16.5 Å². The lowest BCUT2D eigenvalue weighted by Crippen LogP contribution is -2.24. The molecule has 0 atom stereocenters. The number of guanidine groups is 1. The molecular weight excluding hydrogens is 232 g/mol. The molecule has 0 aliphatic rings.